The average molecular weight is 347 g/mol. The van der Waals surface area contributed by atoms with Crippen molar-refractivity contribution in [2.75, 3.05) is 21.3 Å². The third-order valence-corrected chi connectivity index (χ3v) is 3.64. The van der Waals surface area contributed by atoms with Gasteiger partial charge < -0.3 is 24.8 Å². The molecule has 1 heterocycles. The van der Waals surface area contributed by atoms with Gasteiger partial charge in [-0.2, -0.15) is 0 Å². The highest BCUT2D eigenvalue weighted by molar-refractivity contribution is 7.80. The zero-order valence-electron chi connectivity index (χ0n) is 14.0. The minimum Gasteiger partial charge on any atom is -0.493 e. The highest BCUT2D eigenvalue weighted by Gasteiger charge is 2.13. The van der Waals surface area contributed by atoms with E-state index in [4.69, 9.17) is 26.4 Å². The van der Waals surface area contributed by atoms with Crippen LogP contribution in [-0.2, 0) is 13.1 Å². The van der Waals surface area contributed by atoms with Crippen LogP contribution in [0.25, 0.3) is 0 Å². The van der Waals surface area contributed by atoms with E-state index in [-0.39, 0.29) is 0 Å². The van der Waals surface area contributed by atoms with Crippen LogP contribution < -0.4 is 24.8 Å². The molecule has 0 atom stereocenters. The fraction of sp³-hybridized carbons (Fsp3) is 0.294. The predicted octanol–water partition coefficient (Wildman–Crippen LogP) is 2.27. The van der Waals surface area contributed by atoms with Gasteiger partial charge in [0.2, 0.25) is 5.75 Å². The number of nitrogens with zero attached hydrogens (tertiary/aromatic N) is 1. The quantitative estimate of drug-likeness (QED) is 0.745. The van der Waals surface area contributed by atoms with Gasteiger partial charge in [0.15, 0.2) is 16.6 Å². The zero-order valence-corrected chi connectivity index (χ0v) is 14.8. The maximum absolute atomic E-state index is 5.34. The second kappa shape index (κ2) is 8.93. The molecule has 0 radical (unpaired) electrons. The first-order chi connectivity index (χ1) is 11.7. The Labute approximate surface area is 147 Å². The minimum absolute atomic E-state index is 0.537. The second-order valence-corrected chi connectivity index (χ2v) is 5.34. The first-order valence-electron chi connectivity index (χ1n) is 7.37. The largest absolute Gasteiger partial charge is 0.493 e. The number of hydrogen-bond donors (Lipinski definition) is 2. The summed E-state index contributed by atoms with van der Waals surface area (Å²) in [6, 6.07) is 7.65. The van der Waals surface area contributed by atoms with Gasteiger partial charge >= 0.3 is 0 Å². The molecule has 1 aromatic heterocycles. The van der Waals surface area contributed by atoms with Crippen LogP contribution in [-0.4, -0.2) is 31.4 Å². The van der Waals surface area contributed by atoms with Crippen molar-refractivity contribution in [3.8, 4) is 17.2 Å². The highest BCUT2D eigenvalue weighted by atomic mass is 32.1. The first kappa shape index (κ1) is 17.8. The van der Waals surface area contributed by atoms with Crippen LogP contribution in [0, 0.1) is 0 Å². The number of benzene rings is 1. The second-order valence-electron chi connectivity index (χ2n) is 4.93. The van der Waals surface area contributed by atoms with Crippen molar-refractivity contribution in [3.63, 3.8) is 0 Å². The normalized spacial score (nSPS) is 9.96. The van der Waals surface area contributed by atoms with Crippen molar-refractivity contribution in [1.29, 1.82) is 0 Å². The maximum Gasteiger partial charge on any atom is 0.203 e. The molecule has 0 spiro atoms. The van der Waals surface area contributed by atoms with Crippen molar-refractivity contribution in [2.24, 2.45) is 0 Å². The van der Waals surface area contributed by atoms with Crippen molar-refractivity contribution in [2.45, 2.75) is 13.1 Å². The molecule has 2 aromatic rings. The fourth-order valence-corrected chi connectivity index (χ4v) is 2.31. The van der Waals surface area contributed by atoms with Crippen molar-refractivity contribution < 1.29 is 14.2 Å². The molecule has 0 saturated heterocycles. The third kappa shape index (κ3) is 4.73. The average Bonchev–Trinajstić information content (AvgIpc) is 2.64. The first-order valence-corrected chi connectivity index (χ1v) is 7.78. The van der Waals surface area contributed by atoms with Gasteiger partial charge in [-0.25, -0.2) is 0 Å². The molecule has 1 aromatic carbocycles. The van der Waals surface area contributed by atoms with Gasteiger partial charge in [0, 0.05) is 25.5 Å². The Kier molecular flexibility index (Phi) is 6.62. The smallest absolute Gasteiger partial charge is 0.203 e. The number of nitrogens with one attached hydrogen (secondary N) is 2. The van der Waals surface area contributed by atoms with E-state index in [0.29, 0.717) is 35.5 Å². The number of hydrogen-bond acceptors (Lipinski definition) is 5. The fourth-order valence-electron chi connectivity index (χ4n) is 2.17. The Morgan fingerprint density at radius 3 is 2.12 bits per heavy atom. The molecule has 0 unspecified atom stereocenters. The van der Waals surface area contributed by atoms with Crippen LogP contribution in [0.2, 0.25) is 0 Å². The van der Waals surface area contributed by atoms with Gasteiger partial charge in [-0.05, 0) is 41.5 Å². The van der Waals surface area contributed by atoms with Gasteiger partial charge in [0.1, 0.15) is 0 Å². The van der Waals surface area contributed by atoms with E-state index < -0.39 is 0 Å². The number of rotatable bonds is 7. The van der Waals surface area contributed by atoms with Crippen LogP contribution >= 0.6 is 12.2 Å². The van der Waals surface area contributed by atoms with E-state index in [9.17, 15) is 0 Å². The zero-order chi connectivity index (χ0) is 17.4. The van der Waals surface area contributed by atoms with E-state index >= 15 is 0 Å². The van der Waals surface area contributed by atoms with Crippen LogP contribution in [0.1, 0.15) is 11.1 Å². The standard InChI is InChI=1S/C17H21N3O3S/c1-21-14-7-13(8-15(22-2)16(14)23-3)11-20-17(24)19-10-12-5-4-6-18-9-12/h4-9H,10-11H2,1-3H3,(H2,19,20,24). The Morgan fingerprint density at radius 2 is 1.62 bits per heavy atom. The molecule has 0 saturated carbocycles. The van der Waals surface area contributed by atoms with Crippen molar-refractivity contribution >= 4 is 17.3 Å². The van der Waals surface area contributed by atoms with Crippen LogP contribution in [0.3, 0.4) is 0 Å². The molecule has 7 heteroatoms. The molecule has 24 heavy (non-hydrogen) atoms. The summed E-state index contributed by atoms with van der Waals surface area (Å²) in [5.74, 6) is 1.80. The SMILES string of the molecule is COc1cc(CNC(=S)NCc2cccnc2)cc(OC)c1OC. The summed E-state index contributed by atoms with van der Waals surface area (Å²) >= 11 is 5.29. The number of methoxy groups -OCH3 is 3. The van der Waals surface area contributed by atoms with Crippen LogP contribution in [0.15, 0.2) is 36.7 Å². The summed E-state index contributed by atoms with van der Waals surface area (Å²) in [7, 11) is 4.76. The lowest BCUT2D eigenvalue weighted by Crippen LogP contribution is -2.34. The number of thiocarbonyl (C=S) groups is 1. The molecule has 6 nitrogen and oxygen atoms in total. The molecule has 128 valence electrons. The monoisotopic (exact) mass is 347 g/mol. The van der Waals surface area contributed by atoms with E-state index in [1.165, 1.54) is 0 Å². The lowest BCUT2D eigenvalue weighted by molar-refractivity contribution is 0.323. The lowest BCUT2D eigenvalue weighted by Gasteiger charge is -2.15. The third-order valence-electron chi connectivity index (χ3n) is 3.35. The Morgan fingerprint density at radius 1 is 1.00 bits per heavy atom. The summed E-state index contributed by atoms with van der Waals surface area (Å²) in [4.78, 5) is 4.07. The highest BCUT2D eigenvalue weighted by Crippen LogP contribution is 2.38. The Balaban J connectivity index is 1.94. The van der Waals surface area contributed by atoms with Gasteiger partial charge in [-0.15, -0.1) is 0 Å². The molecule has 0 amide bonds. The van der Waals surface area contributed by atoms with Crippen LogP contribution in [0.4, 0.5) is 0 Å². The summed E-state index contributed by atoms with van der Waals surface area (Å²) in [6.07, 6.45) is 3.54. The van der Waals surface area contributed by atoms with E-state index in [1.807, 2.05) is 24.3 Å². The summed E-state index contributed by atoms with van der Waals surface area (Å²) in [5, 5.41) is 6.86. The van der Waals surface area contributed by atoms with E-state index in [2.05, 4.69) is 15.6 Å². The molecular weight excluding hydrogens is 326 g/mol. The molecule has 0 fully saturated rings. The summed E-state index contributed by atoms with van der Waals surface area (Å²) < 4.78 is 16.0. The Bertz CT molecular complexity index is 655. The summed E-state index contributed by atoms with van der Waals surface area (Å²) in [6.45, 7) is 1.16. The predicted molar refractivity (Wildman–Crippen MR) is 96.6 cm³/mol. The van der Waals surface area contributed by atoms with Crippen LogP contribution in [0.5, 0.6) is 17.2 Å². The molecule has 2 rings (SSSR count). The number of aromatic nitrogens is 1. The molecule has 0 aliphatic rings. The lowest BCUT2D eigenvalue weighted by atomic mass is 10.2. The maximum atomic E-state index is 5.34. The number of pyridine rings is 1. The van der Waals surface area contributed by atoms with Gasteiger partial charge in [0.25, 0.3) is 0 Å². The van der Waals surface area contributed by atoms with E-state index in [1.54, 1.807) is 33.7 Å². The molecule has 0 bridgehead atoms. The molecule has 0 aliphatic carbocycles. The molecule has 0 aliphatic heterocycles. The number of ether oxygens (including phenoxy) is 3. The van der Waals surface area contributed by atoms with Gasteiger partial charge in [-0.3, -0.25) is 4.98 Å². The van der Waals surface area contributed by atoms with Crippen molar-refractivity contribution in [1.82, 2.24) is 15.6 Å². The molecule has 2 N–H and O–H groups in total. The van der Waals surface area contributed by atoms with Gasteiger partial charge in [0.05, 0.1) is 21.3 Å². The topological polar surface area (TPSA) is 64.6 Å². The Hall–Kier alpha value is -2.54. The van der Waals surface area contributed by atoms with E-state index in [0.717, 1.165) is 11.1 Å². The minimum atomic E-state index is 0.537. The summed E-state index contributed by atoms with van der Waals surface area (Å²) in [5.41, 5.74) is 2.03. The molecular formula is C17H21N3O3S. The van der Waals surface area contributed by atoms with Gasteiger partial charge in [-0.1, -0.05) is 6.07 Å². The van der Waals surface area contributed by atoms with Crippen molar-refractivity contribution in [3.05, 3.63) is 47.8 Å².